The van der Waals surface area contributed by atoms with Crippen molar-refractivity contribution < 1.29 is 19.1 Å². The molecule has 0 heterocycles. The molecular weight excluding hydrogens is 436 g/mol. The third-order valence-electron chi connectivity index (χ3n) is 7.27. The number of carbonyl (C=O) groups is 2. The van der Waals surface area contributed by atoms with Gasteiger partial charge in [-0.1, -0.05) is 135 Å². The second-order valence-electron chi connectivity index (χ2n) is 10.5. The molecule has 0 radical (unpaired) electrons. The predicted octanol–water partition coefficient (Wildman–Crippen LogP) is 9.11. The summed E-state index contributed by atoms with van der Waals surface area (Å²) in [6.45, 7) is 5.43. The highest BCUT2D eigenvalue weighted by molar-refractivity contribution is 5.82. The van der Waals surface area contributed by atoms with E-state index in [1.165, 1.54) is 96.3 Å². The van der Waals surface area contributed by atoms with Crippen LogP contribution >= 0.6 is 0 Å². The maximum Gasteiger partial charge on any atom is 0.310 e. The maximum atomic E-state index is 12.7. The van der Waals surface area contributed by atoms with Crippen molar-refractivity contribution in [1.29, 1.82) is 0 Å². The Morgan fingerprint density at radius 2 is 0.800 bits per heavy atom. The Labute approximate surface area is 217 Å². The number of ether oxygens (including phenoxy) is 2. The van der Waals surface area contributed by atoms with E-state index >= 15 is 0 Å². The summed E-state index contributed by atoms with van der Waals surface area (Å²) in [6.07, 6.45) is 28.9. The summed E-state index contributed by atoms with van der Waals surface area (Å²) < 4.78 is 11.1. The molecule has 0 amide bonds. The molecule has 0 bridgehead atoms. The summed E-state index contributed by atoms with van der Waals surface area (Å²) in [5, 5.41) is 0. The van der Waals surface area contributed by atoms with Gasteiger partial charge in [-0.2, -0.15) is 0 Å². The van der Waals surface area contributed by atoms with Crippen molar-refractivity contribution in [1.82, 2.24) is 0 Å². The highest BCUT2D eigenvalue weighted by atomic mass is 16.5. The van der Waals surface area contributed by atoms with E-state index in [2.05, 4.69) is 13.8 Å². The van der Waals surface area contributed by atoms with E-state index in [-0.39, 0.29) is 17.9 Å². The molecule has 0 saturated carbocycles. The first kappa shape index (κ1) is 31.7. The molecule has 35 heavy (non-hydrogen) atoms. The minimum absolute atomic E-state index is 0.226. The minimum Gasteiger partial charge on any atom is -0.465 e. The third kappa shape index (κ3) is 16.9. The molecule has 0 spiro atoms. The highest BCUT2D eigenvalue weighted by Gasteiger charge is 2.36. The molecule has 0 aromatic carbocycles. The van der Waals surface area contributed by atoms with E-state index in [0.29, 0.717) is 26.1 Å². The van der Waals surface area contributed by atoms with E-state index in [9.17, 15) is 9.59 Å². The van der Waals surface area contributed by atoms with Crippen LogP contribution in [0.15, 0.2) is 12.2 Å². The lowest BCUT2D eigenvalue weighted by Crippen LogP contribution is -2.34. The largest absolute Gasteiger partial charge is 0.465 e. The second kappa shape index (κ2) is 23.1. The van der Waals surface area contributed by atoms with Gasteiger partial charge < -0.3 is 9.47 Å². The zero-order valence-corrected chi connectivity index (χ0v) is 23.2. The van der Waals surface area contributed by atoms with Gasteiger partial charge in [-0.25, -0.2) is 0 Å². The van der Waals surface area contributed by atoms with Gasteiger partial charge in [-0.3, -0.25) is 9.59 Å². The van der Waals surface area contributed by atoms with Gasteiger partial charge in [0, 0.05) is 0 Å². The molecule has 0 N–H and O–H groups in total. The van der Waals surface area contributed by atoms with Crippen LogP contribution in [0, 0.1) is 11.8 Å². The summed E-state index contributed by atoms with van der Waals surface area (Å²) in [7, 11) is 0. The van der Waals surface area contributed by atoms with Crippen molar-refractivity contribution in [2.45, 2.75) is 149 Å². The maximum absolute atomic E-state index is 12.7. The van der Waals surface area contributed by atoms with Crippen LogP contribution in [-0.2, 0) is 19.1 Å². The highest BCUT2D eigenvalue weighted by Crippen LogP contribution is 2.28. The predicted molar refractivity (Wildman–Crippen MR) is 146 cm³/mol. The van der Waals surface area contributed by atoms with Crippen LogP contribution in [0.25, 0.3) is 0 Å². The van der Waals surface area contributed by atoms with Crippen molar-refractivity contribution in [3.8, 4) is 0 Å². The normalized spacial score (nSPS) is 17.4. The van der Waals surface area contributed by atoms with Crippen molar-refractivity contribution in [2.24, 2.45) is 11.8 Å². The molecule has 1 aliphatic rings. The SMILES string of the molecule is CCCCCCCCCCCCCOC(=O)C1CC=CCC1C(=O)OCCCCCCCCCC. The molecule has 204 valence electrons. The summed E-state index contributed by atoms with van der Waals surface area (Å²) in [5.74, 6) is -1.23. The molecule has 0 aliphatic heterocycles. The molecule has 0 fully saturated rings. The molecule has 1 aliphatic carbocycles. The Bertz CT molecular complexity index is 542. The molecule has 4 heteroatoms. The molecule has 2 unspecified atom stereocenters. The number of unbranched alkanes of at least 4 members (excludes halogenated alkanes) is 17. The van der Waals surface area contributed by atoms with Crippen molar-refractivity contribution in [2.75, 3.05) is 13.2 Å². The molecule has 0 saturated heterocycles. The number of carbonyl (C=O) groups excluding carboxylic acids is 2. The van der Waals surface area contributed by atoms with Crippen LogP contribution < -0.4 is 0 Å². The molecule has 1 rings (SSSR count). The number of hydrogen-bond acceptors (Lipinski definition) is 4. The zero-order valence-electron chi connectivity index (χ0n) is 23.2. The van der Waals surface area contributed by atoms with Crippen molar-refractivity contribution in [3.05, 3.63) is 12.2 Å². The molecule has 2 atom stereocenters. The van der Waals surface area contributed by atoms with Gasteiger partial charge in [0.25, 0.3) is 0 Å². The fourth-order valence-electron chi connectivity index (χ4n) is 4.90. The van der Waals surface area contributed by atoms with Crippen molar-refractivity contribution >= 4 is 11.9 Å². The number of esters is 2. The Balaban J connectivity index is 2.10. The van der Waals surface area contributed by atoms with Gasteiger partial charge in [0.15, 0.2) is 0 Å². The van der Waals surface area contributed by atoms with Crippen LogP contribution in [0.3, 0.4) is 0 Å². The summed E-state index contributed by atoms with van der Waals surface area (Å²) in [6, 6.07) is 0. The lowest BCUT2D eigenvalue weighted by Gasteiger charge is -2.25. The summed E-state index contributed by atoms with van der Waals surface area (Å²) in [5.41, 5.74) is 0. The number of allylic oxidation sites excluding steroid dienone is 2. The van der Waals surface area contributed by atoms with E-state index in [0.717, 1.165) is 25.7 Å². The first-order valence-corrected chi connectivity index (χ1v) is 15.2. The van der Waals surface area contributed by atoms with E-state index in [1.807, 2.05) is 12.2 Å². The topological polar surface area (TPSA) is 52.6 Å². The number of hydrogen-bond donors (Lipinski definition) is 0. The monoisotopic (exact) mass is 492 g/mol. The first-order chi connectivity index (χ1) is 17.2. The summed E-state index contributed by atoms with van der Waals surface area (Å²) in [4.78, 5) is 25.3. The van der Waals surface area contributed by atoms with Crippen LogP contribution in [0.2, 0.25) is 0 Å². The Morgan fingerprint density at radius 1 is 0.514 bits per heavy atom. The van der Waals surface area contributed by atoms with Crippen molar-refractivity contribution in [3.63, 3.8) is 0 Å². The average Bonchev–Trinajstić information content (AvgIpc) is 2.88. The van der Waals surface area contributed by atoms with Gasteiger partial charge in [0.1, 0.15) is 0 Å². The Morgan fingerprint density at radius 3 is 1.11 bits per heavy atom. The van der Waals surface area contributed by atoms with Gasteiger partial charge in [-0.15, -0.1) is 0 Å². The smallest absolute Gasteiger partial charge is 0.310 e. The molecule has 0 aromatic heterocycles. The Hall–Kier alpha value is -1.32. The molecule has 0 aromatic rings. The third-order valence-corrected chi connectivity index (χ3v) is 7.27. The van der Waals surface area contributed by atoms with Crippen LogP contribution in [-0.4, -0.2) is 25.2 Å². The summed E-state index contributed by atoms with van der Waals surface area (Å²) >= 11 is 0. The lowest BCUT2D eigenvalue weighted by molar-refractivity contribution is -0.161. The van der Waals surface area contributed by atoms with Crippen LogP contribution in [0.5, 0.6) is 0 Å². The second-order valence-corrected chi connectivity index (χ2v) is 10.5. The van der Waals surface area contributed by atoms with Crippen LogP contribution in [0.1, 0.15) is 149 Å². The minimum atomic E-state index is -0.390. The molecular formula is C31H56O4. The average molecular weight is 493 g/mol. The van der Waals surface area contributed by atoms with Gasteiger partial charge in [0.05, 0.1) is 25.0 Å². The van der Waals surface area contributed by atoms with Crippen LogP contribution in [0.4, 0.5) is 0 Å². The van der Waals surface area contributed by atoms with Gasteiger partial charge in [-0.05, 0) is 25.7 Å². The van der Waals surface area contributed by atoms with E-state index in [4.69, 9.17) is 9.47 Å². The zero-order chi connectivity index (χ0) is 25.4. The van der Waals surface area contributed by atoms with E-state index < -0.39 is 5.92 Å². The number of rotatable bonds is 23. The van der Waals surface area contributed by atoms with Gasteiger partial charge >= 0.3 is 11.9 Å². The molecule has 4 nitrogen and oxygen atoms in total. The van der Waals surface area contributed by atoms with Gasteiger partial charge in [0.2, 0.25) is 0 Å². The Kier molecular flexibility index (Phi) is 20.9. The fraction of sp³-hybridized carbons (Fsp3) is 0.871. The quantitative estimate of drug-likeness (QED) is 0.0810. The fourth-order valence-corrected chi connectivity index (χ4v) is 4.90. The lowest BCUT2D eigenvalue weighted by atomic mass is 9.83. The first-order valence-electron chi connectivity index (χ1n) is 15.2. The van der Waals surface area contributed by atoms with E-state index in [1.54, 1.807) is 0 Å². The standard InChI is InChI=1S/C31H56O4/c1-3-5-7-9-11-13-14-15-17-19-23-27-35-31(33)29-25-21-20-24-28(29)30(32)34-26-22-18-16-12-10-8-6-4-2/h20-21,28-29H,3-19,22-27H2,1-2H3.